The minimum atomic E-state index is -0.340. The average Bonchev–Trinajstić information content (AvgIpc) is 2.70. The zero-order valence-corrected chi connectivity index (χ0v) is 15.3. The maximum Gasteiger partial charge on any atom is 0.244 e. The van der Waals surface area contributed by atoms with Crippen LogP contribution in [0.1, 0.15) is 11.1 Å². The van der Waals surface area contributed by atoms with E-state index in [-0.39, 0.29) is 18.4 Å². The molecule has 0 saturated carbocycles. The quantitative estimate of drug-likeness (QED) is 0.498. The van der Waals surface area contributed by atoms with Gasteiger partial charge in [0.25, 0.3) is 0 Å². The summed E-state index contributed by atoms with van der Waals surface area (Å²) in [6.07, 6.45) is 3.06. The Balaban J connectivity index is 1.78. The van der Waals surface area contributed by atoms with E-state index in [4.69, 9.17) is 9.47 Å². The molecule has 0 aromatic heterocycles. The molecule has 0 atom stereocenters. The molecule has 2 aromatic carbocycles. The number of hydrogen-bond donors (Lipinski definition) is 2. The number of methoxy groups -OCH3 is 1. The molecule has 6 nitrogen and oxygen atoms in total. The van der Waals surface area contributed by atoms with Gasteiger partial charge in [0.05, 0.1) is 13.2 Å². The molecule has 0 heterocycles. The van der Waals surface area contributed by atoms with Gasteiger partial charge in [-0.05, 0) is 29.3 Å². The van der Waals surface area contributed by atoms with E-state index in [0.717, 1.165) is 16.9 Å². The van der Waals surface area contributed by atoms with Gasteiger partial charge in [-0.15, -0.1) is 0 Å². The van der Waals surface area contributed by atoms with E-state index >= 15 is 0 Å². The Bertz CT molecular complexity index is 760. The van der Waals surface area contributed by atoms with Crippen LogP contribution in [-0.4, -0.2) is 38.6 Å². The van der Waals surface area contributed by atoms with Crippen molar-refractivity contribution in [1.82, 2.24) is 10.6 Å². The van der Waals surface area contributed by atoms with Crippen molar-refractivity contribution in [3.8, 4) is 5.75 Å². The standard InChI is InChI=1S/C21H24N2O4/c1-26-13-12-22-21(25)15-23-20(24)11-10-17-8-5-9-19(14-17)27-16-18-6-3-2-4-7-18/h2-11,14H,12-13,15-16H2,1H3,(H,22,25)(H,23,24)/b11-10+. The highest BCUT2D eigenvalue weighted by molar-refractivity contribution is 5.94. The molecule has 0 fully saturated rings. The molecule has 27 heavy (non-hydrogen) atoms. The summed E-state index contributed by atoms with van der Waals surface area (Å²) in [7, 11) is 1.56. The van der Waals surface area contributed by atoms with Gasteiger partial charge in [-0.2, -0.15) is 0 Å². The molecule has 2 aromatic rings. The molecule has 0 spiro atoms. The molecular formula is C21H24N2O4. The van der Waals surface area contributed by atoms with Gasteiger partial charge in [0.15, 0.2) is 0 Å². The van der Waals surface area contributed by atoms with E-state index in [1.165, 1.54) is 6.08 Å². The highest BCUT2D eigenvalue weighted by Gasteiger charge is 2.02. The van der Waals surface area contributed by atoms with E-state index < -0.39 is 0 Å². The first kappa shape index (κ1) is 20.2. The first-order valence-corrected chi connectivity index (χ1v) is 8.65. The number of ether oxygens (including phenoxy) is 2. The number of carbonyl (C=O) groups excluding carboxylic acids is 2. The summed E-state index contributed by atoms with van der Waals surface area (Å²) in [5.74, 6) is 0.122. The van der Waals surface area contributed by atoms with Crippen LogP contribution in [-0.2, 0) is 20.9 Å². The third kappa shape index (κ3) is 8.20. The second-order valence-corrected chi connectivity index (χ2v) is 5.74. The SMILES string of the molecule is COCCNC(=O)CNC(=O)/C=C/c1cccc(OCc2ccccc2)c1. The van der Waals surface area contributed by atoms with E-state index in [1.54, 1.807) is 13.2 Å². The van der Waals surface area contributed by atoms with Gasteiger partial charge in [-0.25, -0.2) is 0 Å². The lowest BCUT2D eigenvalue weighted by molar-refractivity contribution is -0.124. The molecule has 6 heteroatoms. The van der Waals surface area contributed by atoms with Gasteiger partial charge in [0, 0.05) is 19.7 Å². The van der Waals surface area contributed by atoms with Crippen molar-refractivity contribution in [1.29, 1.82) is 0 Å². The van der Waals surface area contributed by atoms with E-state index in [9.17, 15) is 9.59 Å². The lowest BCUT2D eigenvalue weighted by Gasteiger charge is -2.07. The largest absolute Gasteiger partial charge is 0.489 e. The number of nitrogens with one attached hydrogen (secondary N) is 2. The number of hydrogen-bond acceptors (Lipinski definition) is 4. The first-order valence-electron chi connectivity index (χ1n) is 8.65. The third-order valence-corrected chi connectivity index (χ3v) is 3.59. The Kier molecular flexibility index (Phi) is 8.59. The van der Waals surface area contributed by atoms with Gasteiger partial charge < -0.3 is 20.1 Å². The van der Waals surface area contributed by atoms with Gasteiger partial charge in [0.1, 0.15) is 12.4 Å². The molecule has 0 aliphatic rings. The normalized spacial score (nSPS) is 10.6. The molecule has 0 aliphatic heterocycles. The molecule has 2 N–H and O–H groups in total. The Morgan fingerprint density at radius 1 is 1.04 bits per heavy atom. The van der Waals surface area contributed by atoms with Gasteiger partial charge in [0.2, 0.25) is 11.8 Å². The van der Waals surface area contributed by atoms with E-state index in [2.05, 4.69) is 10.6 Å². The molecule has 0 saturated heterocycles. The van der Waals surface area contributed by atoms with Crippen molar-refractivity contribution in [2.24, 2.45) is 0 Å². The van der Waals surface area contributed by atoms with Gasteiger partial charge in [-0.1, -0.05) is 42.5 Å². The predicted molar refractivity (Wildman–Crippen MR) is 104 cm³/mol. The lowest BCUT2D eigenvalue weighted by Crippen LogP contribution is -2.37. The van der Waals surface area contributed by atoms with Crippen LogP contribution in [0.3, 0.4) is 0 Å². The number of amides is 2. The minimum Gasteiger partial charge on any atom is -0.489 e. The smallest absolute Gasteiger partial charge is 0.244 e. The van der Waals surface area contributed by atoms with Crippen molar-refractivity contribution in [3.05, 3.63) is 71.8 Å². The van der Waals surface area contributed by atoms with Crippen molar-refractivity contribution in [3.63, 3.8) is 0 Å². The molecule has 142 valence electrons. The molecule has 0 aliphatic carbocycles. The maximum atomic E-state index is 11.8. The summed E-state index contributed by atoms with van der Waals surface area (Å²) in [6, 6.07) is 17.3. The van der Waals surface area contributed by atoms with Crippen molar-refractivity contribution >= 4 is 17.9 Å². The van der Waals surface area contributed by atoms with Crippen LogP contribution in [0.15, 0.2) is 60.7 Å². The molecule has 2 amide bonds. The van der Waals surface area contributed by atoms with E-state index in [0.29, 0.717) is 19.8 Å². The second kappa shape index (κ2) is 11.5. The van der Waals surface area contributed by atoms with Crippen LogP contribution < -0.4 is 15.4 Å². The van der Waals surface area contributed by atoms with Crippen LogP contribution in [0, 0.1) is 0 Å². The van der Waals surface area contributed by atoms with Crippen molar-refractivity contribution in [2.45, 2.75) is 6.61 Å². The average molecular weight is 368 g/mol. The number of rotatable bonds is 10. The third-order valence-electron chi connectivity index (χ3n) is 3.59. The second-order valence-electron chi connectivity index (χ2n) is 5.74. The molecular weight excluding hydrogens is 344 g/mol. The topological polar surface area (TPSA) is 76.7 Å². The fourth-order valence-electron chi connectivity index (χ4n) is 2.20. The Labute approximate surface area is 159 Å². The number of benzene rings is 2. The molecule has 0 unspecified atom stereocenters. The molecule has 0 radical (unpaired) electrons. The summed E-state index contributed by atoms with van der Waals surface area (Å²) < 4.78 is 10.6. The monoisotopic (exact) mass is 368 g/mol. The summed E-state index contributed by atoms with van der Waals surface area (Å²) in [4.78, 5) is 23.3. The number of carbonyl (C=O) groups is 2. The fourth-order valence-corrected chi connectivity index (χ4v) is 2.20. The van der Waals surface area contributed by atoms with Crippen molar-refractivity contribution < 1.29 is 19.1 Å². The van der Waals surface area contributed by atoms with Crippen LogP contribution in [0.2, 0.25) is 0 Å². The lowest BCUT2D eigenvalue weighted by atomic mass is 10.2. The highest BCUT2D eigenvalue weighted by Crippen LogP contribution is 2.16. The Hall–Kier alpha value is -3.12. The highest BCUT2D eigenvalue weighted by atomic mass is 16.5. The van der Waals surface area contributed by atoms with Gasteiger partial charge in [-0.3, -0.25) is 9.59 Å². The van der Waals surface area contributed by atoms with Crippen LogP contribution in [0.4, 0.5) is 0 Å². The summed E-state index contributed by atoms with van der Waals surface area (Å²) in [6.45, 7) is 1.25. The zero-order chi connectivity index (χ0) is 19.3. The summed E-state index contributed by atoms with van der Waals surface area (Å²) >= 11 is 0. The van der Waals surface area contributed by atoms with E-state index in [1.807, 2.05) is 54.6 Å². The summed E-state index contributed by atoms with van der Waals surface area (Å²) in [5.41, 5.74) is 1.92. The van der Waals surface area contributed by atoms with Crippen molar-refractivity contribution in [2.75, 3.05) is 26.8 Å². The van der Waals surface area contributed by atoms with Crippen LogP contribution in [0.5, 0.6) is 5.75 Å². The minimum absolute atomic E-state index is 0.0763. The Morgan fingerprint density at radius 3 is 2.63 bits per heavy atom. The molecule has 2 rings (SSSR count). The van der Waals surface area contributed by atoms with Crippen LogP contribution >= 0.6 is 0 Å². The molecule has 0 bridgehead atoms. The first-order chi connectivity index (χ1) is 13.2. The summed E-state index contributed by atoms with van der Waals surface area (Å²) in [5, 5.41) is 5.16. The maximum absolute atomic E-state index is 11.8. The zero-order valence-electron chi connectivity index (χ0n) is 15.3. The Morgan fingerprint density at radius 2 is 1.85 bits per heavy atom. The predicted octanol–water partition coefficient (Wildman–Crippen LogP) is 2.16. The van der Waals surface area contributed by atoms with Crippen LogP contribution in [0.25, 0.3) is 6.08 Å². The van der Waals surface area contributed by atoms with Gasteiger partial charge >= 0.3 is 0 Å². The fraction of sp³-hybridized carbons (Fsp3) is 0.238.